The van der Waals surface area contributed by atoms with Crippen LogP contribution in [-0.4, -0.2) is 42.8 Å². The molecule has 1 aliphatic rings. The Hall–Kier alpha value is -0.770. The van der Waals surface area contributed by atoms with Crippen LogP contribution in [0.2, 0.25) is 0 Å². The molecule has 100 valence electrons. The van der Waals surface area contributed by atoms with Crippen LogP contribution in [0.1, 0.15) is 40.5 Å². The SMILES string of the molecule is CC[C@@H]1CCN(CCNC(=O)OC(C)(C)C)C1. The summed E-state index contributed by atoms with van der Waals surface area (Å²) in [5, 5.41) is 2.80. The van der Waals surface area contributed by atoms with Crippen LogP contribution in [0.5, 0.6) is 0 Å². The summed E-state index contributed by atoms with van der Waals surface area (Å²) in [5.74, 6) is 0.844. The molecule has 0 bridgehead atoms. The number of nitrogens with one attached hydrogen (secondary N) is 1. The number of alkyl carbamates (subject to hydrolysis) is 1. The van der Waals surface area contributed by atoms with Gasteiger partial charge in [-0.2, -0.15) is 0 Å². The highest BCUT2D eigenvalue weighted by Crippen LogP contribution is 2.18. The molecule has 0 spiro atoms. The van der Waals surface area contributed by atoms with E-state index in [-0.39, 0.29) is 6.09 Å². The maximum absolute atomic E-state index is 11.4. The van der Waals surface area contributed by atoms with Crippen molar-refractivity contribution in [3.05, 3.63) is 0 Å². The molecule has 0 aliphatic carbocycles. The van der Waals surface area contributed by atoms with E-state index in [2.05, 4.69) is 17.1 Å². The normalized spacial score (nSPS) is 21.5. The second-order valence-electron chi connectivity index (χ2n) is 5.79. The largest absolute Gasteiger partial charge is 0.444 e. The number of hydrogen-bond acceptors (Lipinski definition) is 3. The van der Waals surface area contributed by atoms with Crippen molar-refractivity contribution in [2.75, 3.05) is 26.2 Å². The van der Waals surface area contributed by atoms with Gasteiger partial charge in [-0.25, -0.2) is 4.79 Å². The fraction of sp³-hybridized carbons (Fsp3) is 0.923. The number of amides is 1. The van der Waals surface area contributed by atoms with Crippen LogP contribution in [0.25, 0.3) is 0 Å². The Labute approximate surface area is 105 Å². The molecule has 4 heteroatoms. The van der Waals surface area contributed by atoms with Gasteiger partial charge in [0.05, 0.1) is 0 Å². The summed E-state index contributed by atoms with van der Waals surface area (Å²) in [7, 11) is 0. The van der Waals surface area contributed by atoms with Crippen LogP contribution >= 0.6 is 0 Å². The Morgan fingerprint density at radius 1 is 1.47 bits per heavy atom. The number of likely N-dealkylation sites (tertiary alicyclic amines) is 1. The summed E-state index contributed by atoms with van der Waals surface area (Å²) in [5.41, 5.74) is -0.412. The maximum atomic E-state index is 11.4. The summed E-state index contributed by atoms with van der Waals surface area (Å²) < 4.78 is 5.18. The Bertz CT molecular complexity index is 248. The summed E-state index contributed by atoms with van der Waals surface area (Å²) in [6.07, 6.45) is 2.24. The van der Waals surface area contributed by atoms with E-state index in [0.29, 0.717) is 6.54 Å². The number of hydrogen-bond donors (Lipinski definition) is 1. The first kappa shape index (κ1) is 14.3. The van der Waals surface area contributed by atoms with Crippen molar-refractivity contribution in [2.24, 2.45) is 5.92 Å². The fourth-order valence-electron chi connectivity index (χ4n) is 2.08. The maximum Gasteiger partial charge on any atom is 0.407 e. The molecule has 1 N–H and O–H groups in total. The number of carbonyl (C=O) groups is 1. The quantitative estimate of drug-likeness (QED) is 0.822. The third-order valence-electron chi connectivity index (χ3n) is 3.04. The predicted octanol–water partition coefficient (Wildman–Crippen LogP) is 2.24. The Kier molecular flexibility index (Phi) is 5.25. The van der Waals surface area contributed by atoms with Gasteiger partial charge in [-0.05, 0) is 39.7 Å². The van der Waals surface area contributed by atoms with Crippen LogP contribution < -0.4 is 5.32 Å². The average Bonchev–Trinajstić information content (AvgIpc) is 2.63. The molecule has 0 unspecified atom stereocenters. The van der Waals surface area contributed by atoms with Gasteiger partial charge < -0.3 is 15.0 Å². The van der Waals surface area contributed by atoms with Gasteiger partial charge in [-0.1, -0.05) is 13.3 Å². The molecule has 1 aliphatic heterocycles. The second-order valence-corrected chi connectivity index (χ2v) is 5.79. The van der Waals surface area contributed by atoms with E-state index >= 15 is 0 Å². The minimum absolute atomic E-state index is 0.316. The third kappa shape index (κ3) is 5.91. The minimum atomic E-state index is -0.412. The fourth-order valence-corrected chi connectivity index (χ4v) is 2.08. The first-order valence-corrected chi connectivity index (χ1v) is 6.60. The molecule has 1 saturated heterocycles. The predicted molar refractivity (Wildman–Crippen MR) is 69.1 cm³/mol. The van der Waals surface area contributed by atoms with Crippen molar-refractivity contribution >= 4 is 6.09 Å². The van der Waals surface area contributed by atoms with E-state index in [1.54, 1.807) is 0 Å². The molecule has 17 heavy (non-hydrogen) atoms. The average molecular weight is 242 g/mol. The molecule has 1 rings (SSSR count). The van der Waals surface area contributed by atoms with Gasteiger partial charge in [0.1, 0.15) is 5.60 Å². The molecule has 0 radical (unpaired) electrons. The van der Waals surface area contributed by atoms with Crippen molar-refractivity contribution in [1.82, 2.24) is 10.2 Å². The van der Waals surface area contributed by atoms with Crippen LogP contribution in [0.3, 0.4) is 0 Å². The number of carbonyl (C=O) groups excluding carboxylic acids is 1. The monoisotopic (exact) mass is 242 g/mol. The lowest BCUT2D eigenvalue weighted by molar-refractivity contribution is 0.0523. The number of rotatable bonds is 4. The van der Waals surface area contributed by atoms with E-state index in [4.69, 9.17) is 4.74 Å². The second kappa shape index (κ2) is 6.24. The van der Waals surface area contributed by atoms with Crippen molar-refractivity contribution in [2.45, 2.75) is 46.1 Å². The van der Waals surface area contributed by atoms with Gasteiger partial charge in [-0.3, -0.25) is 0 Å². The summed E-state index contributed by atoms with van der Waals surface area (Å²) in [4.78, 5) is 13.8. The van der Waals surface area contributed by atoms with E-state index in [1.165, 1.54) is 19.4 Å². The zero-order chi connectivity index (χ0) is 12.9. The highest BCUT2D eigenvalue weighted by Gasteiger charge is 2.21. The highest BCUT2D eigenvalue weighted by atomic mass is 16.6. The summed E-state index contributed by atoms with van der Waals surface area (Å²) in [6, 6.07) is 0. The topological polar surface area (TPSA) is 41.6 Å². The molecule has 0 aromatic rings. The van der Waals surface area contributed by atoms with Crippen LogP contribution in [-0.2, 0) is 4.74 Å². The molecule has 1 heterocycles. The molecular weight excluding hydrogens is 216 g/mol. The van der Waals surface area contributed by atoms with Gasteiger partial charge >= 0.3 is 6.09 Å². The zero-order valence-electron chi connectivity index (χ0n) is 11.6. The van der Waals surface area contributed by atoms with Gasteiger partial charge in [0.2, 0.25) is 0 Å². The molecule has 1 fully saturated rings. The van der Waals surface area contributed by atoms with E-state index in [0.717, 1.165) is 19.0 Å². The minimum Gasteiger partial charge on any atom is -0.444 e. The molecule has 0 aromatic carbocycles. The lowest BCUT2D eigenvalue weighted by Crippen LogP contribution is -2.37. The van der Waals surface area contributed by atoms with Crippen molar-refractivity contribution in [1.29, 1.82) is 0 Å². The molecule has 4 nitrogen and oxygen atoms in total. The highest BCUT2D eigenvalue weighted by molar-refractivity contribution is 5.67. The van der Waals surface area contributed by atoms with Gasteiger partial charge in [0.25, 0.3) is 0 Å². The van der Waals surface area contributed by atoms with Crippen molar-refractivity contribution in [3.63, 3.8) is 0 Å². The molecule has 0 aromatic heterocycles. The zero-order valence-corrected chi connectivity index (χ0v) is 11.6. The molecular formula is C13H26N2O2. The first-order valence-electron chi connectivity index (χ1n) is 6.60. The van der Waals surface area contributed by atoms with Crippen LogP contribution in [0, 0.1) is 5.92 Å². The van der Waals surface area contributed by atoms with Crippen molar-refractivity contribution < 1.29 is 9.53 Å². The third-order valence-corrected chi connectivity index (χ3v) is 3.04. The lowest BCUT2D eigenvalue weighted by atomic mass is 10.1. The van der Waals surface area contributed by atoms with Gasteiger partial charge in [-0.15, -0.1) is 0 Å². The Balaban J connectivity index is 2.10. The van der Waals surface area contributed by atoms with E-state index in [9.17, 15) is 4.79 Å². The molecule has 1 atom stereocenters. The van der Waals surface area contributed by atoms with Crippen LogP contribution in [0.15, 0.2) is 0 Å². The standard InChI is InChI=1S/C13H26N2O2/c1-5-11-6-8-15(10-11)9-7-14-12(16)17-13(2,3)4/h11H,5-10H2,1-4H3,(H,14,16)/t11-/m1/s1. The molecule has 0 saturated carbocycles. The van der Waals surface area contributed by atoms with Crippen LogP contribution in [0.4, 0.5) is 4.79 Å². The lowest BCUT2D eigenvalue weighted by Gasteiger charge is -2.21. The number of ether oxygens (including phenoxy) is 1. The first-order chi connectivity index (χ1) is 7.90. The molecule has 1 amide bonds. The van der Waals surface area contributed by atoms with Gasteiger partial charge in [0.15, 0.2) is 0 Å². The summed E-state index contributed by atoms with van der Waals surface area (Å²) >= 11 is 0. The number of nitrogens with zero attached hydrogens (tertiary/aromatic N) is 1. The van der Waals surface area contributed by atoms with Gasteiger partial charge in [0, 0.05) is 19.6 Å². The summed E-state index contributed by atoms with van der Waals surface area (Å²) in [6.45, 7) is 11.8. The Morgan fingerprint density at radius 3 is 2.71 bits per heavy atom. The Morgan fingerprint density at radius 2 is 2.18 bits per heavy atom. The van der Waals surface area contributed by atoms with Crippen molar-refractivity contribution in [3.8, 4) is 0 Å². The van der Waals surface area contributed by atoms with E-state index in [1.807, 2.05) is 20.8 Å². The smallest absolute Gasteiger partial charge is 0.407 e. The van der Waals surface area contributed by atoms with E-state index < -0.39 is 5.60 Å².